The van der Waals surface area contributed by atoms with Crippen LogP contribution in [0.4, 0.5) is 10.5 Å². The predicted octanol–water partition coefficient (Wildman–Crippen LogP) is 6.04. The Morgan fingerprint density at radius 1 is 1.18 bits per heavy atom. The molecule has 6 rings (SSSR count). The van der Waals surface area contributed by atoms with Crippen molar-refractivity contribution in [2.24, 2.45) is 0 Å². The molecular weight excluding hydrogens is 524 g/mol. The van der Waals surface area contributed by atoms with Crippen LogP contribution in [0.3, 0.4) is 0 Å². The molecule has 0 radical (unpaired) electrons. The molecule has 1 aliphatic rings. The molecular formula is C28H23ClN4O6. The van der Waals surface area contributed by atoms with Crippen LogP contribution >= 0.6 is 11.6 Å². The van der Waals surface area contributed by atoms with Crippen molar-refractivity contribution < 1.29 is 28.5 Å². The standard InChI is InChI=1S/C28H23ClN4O6/c1-14-6-18(25-21(7-14)32-24(36-3)11-31-25)22-8-19-26(39-22)20(29)9-23-27(19)37-13-17(38-23)12-33(28(34)35)16-5-4-15(2)30-10-16/h4-11,17H,12-13H2,1-3H3,(H,34,35)/t17-/m1/s1. The van der Waals surface area contributed by atoms with Gasteiger partial charge in [-0.3, -0.25) is 9.88 Å². The van der Waals surface area contributed by atoms with E-state index in [1.807, 2.05) is 32.0 Å². The van der Waals surface area contributed by atoms with Crippen molar-refractivity contribution in [1.29, 1.82) is 0 Å². The summed E-state index contributed by atoms with van der Waals surface area (Å²) >= 11 is 6.61. The second-order valence-electron chi connectivity index (χ2n) is 9.23. The third-order valence-corrected chi connectivity index (χ3v) is 6.73. The van der Waals surface area contributed by atoms with E-state index in [1.165, 1.54) is 11.1 Å². The van der Waals surface area contributed by atoms with Gasteiger partial charge in [-0.25, -0.2) is 14.8 Å². The van der Waals surface area contributed by atoms with E-state index in [0.29, 0.717) is 55.9 Å². The van der Waals surface area contributed by atoms with Crippen LogP contribution in [-0.4, -0.2) is 52.5 Å². The highest BCUT2D eigenvalue weighted by molar-refractivity contribution is 6.35. The summed E-state index contributed by atoms with van der Waals surface area (Å²) in [6.45, 7) is 3.97. The molecule has 1 aliphatic heterocycles. The van der Waals surface area contributed by atoms with Crippen LogP contribution in [0.5, 0.6) is 17.4 Å². The third kappa shape index (κ3) is 4.52. The Labute approximate surface area is 227 Å². The van der Waals surface area contributed by atoms with Gasteiger partial charge in [-0.2, -0.15) is 0 Å². The molecule has 0 bridgehead atoms. The van der Waals surface area contributed by atoms with Gasteiger partial charge in [-0.05, 0) is 49.7 Å². The molecule has 10 nitrogen and oxygen atoms in total. The highest BCUT2D eigenvalue weighted by atomic mass is 35.5. The normalized spacial score (nSPS) is 14.5. The van der Waals surface area contributed by atoms with Gasteiger partial charge in [0.2, 0.25) is 5.88 Å². The topological polar surface area (TPSA) is 120 Å². The highest BCUT2D eigenvalue weighted by Gasteiger charge is 2.30. The first-order chi connectivity index (χ1) is 18.8. The Bertz CT molecular complexity index is 1740. The number of ether oxygens (including phenoxy) is 3. The van der Waals surface area contributed by atoms with Gasteiger partial charge < -0.3 is 23.7 Å². The van der Waals surface area contributed by atoms with E-state index in [-0.39, 0.29) is 13.2 Å². The van der Waals surface area contributed by atoms with Gasteiger partial charge in [-0.15, -0.1) is 0 Å². The molecule has 11 heteroatoms. The van der Waals surface area contributed by atoms with Crippen molar-refractivity contribution in [3.8, 4) is 28.7 Å². The maximum atomic E-state index is 12.0. The van der Waals surface area contributed by atoms with Gasteiger partial charge in [0.25, 0.3) is 0 Å². The fraction of sp³-hybridized carbons (Fsp3) is 0.214. The van der Waals surface area contributed by atoms with E-state index in [0.717, 1.165) is 16.8 Å². The molecule has 0 aliphatic carbocycles. The number of rotatable bonds is 5. The molecule has 39 heavy (non-hydrogen) atoms. The van der Waals surface area contributed by atoms with E-state index in [9.17, 15) is 9.90 Å². The Kier molecular flexibility index (Phi) is 6.11. The minimum atomic E-state index is -1.12. The Hall–Kier alpha value is -4.57. The first kappa shape index (κ1) is 24.7. The minimum Gasteiger partial charge on any atom is -0.485 e. The summed E-state index contributed by atoms with van der Waals surface area (Å²) in [4.78, 5) is 26.4. The molecule has 0 fully saturated rings. The number of hydrogen-bond donors (Lipinski definition) is 1. The van der Waals surface area contributed by atoms with Gasteiger partial charge >= 0.3 is 6.09 Å². The van der Waals surface area contributed by atoms with Crippen LogP contribution < -0.4 is 19.1 Å². The van der Waals surface area contributed by atoms with Crippen molar-refractivity contribution >= 4 is 45.4 Å². The second kappa shape index (κ2) is 9.63. The number of hydrogen-bond acceptors (Lipinski definition) is 8. The summed E-state index contributed by atoms with van der Waals surface area (Å²) in [5.41, 5.74) is 4.73. The number of carboxylic acid groups (broad SMARTS) is 1. The summed E-state index contributed by atoms with van der Waals surface area (Å²) in [6.07, 6.45) is 1.39. The van der Waals surface area contributed by atoms with Crippen molar-refractivity contribution in [3.05, 3.63) is 65.1 Å². The van der Waals surface area contributed by atoms with Crippen LogP contribution in [0.25, 0.3) is 33.3 Å². The number of anilines is 1. The fourth-order valence-corrected chi connectivity index (χ4v) is 4.86. The summed E-state index contributed by atoms with van der Waals surface area (Å²) in [5.74, 6) is 1.84. The summed E-state index contributed by atoms with van der Waals surface area (Å²) in [6, 6.07) is 10.8. The van der Waals surface area contributed by atoms with E-state index < -0.39 is 12.2 Å². The molecule has 1 N–H and O–H groups in total. The lowest BCUT2D eigenvalue weighted by atomic mass is 10.1. The van der Waals surface area contributed by atoms with Crippen LogP contribution in [0.1, 0.15) is 11.3 Å². The number of benzene rings is 2. The van der Waals surface area contributed by atoms with Gasteiger partial charge in [-0.1, -0.05) is 11.6 Å². The molecule has 0 saturated carbocycles. The summed E-state index contributed by atoms with van der Waals surface area (Å²) < 4.78 is 23.7. The maximum Gasteiger partial charge on any atom is 0.411 e. The molecule has 5 aromatic rings. The van der Waals surface area contributed by atoms with Gasteiger partial charge in [0.05, 0.1) is 53.2 Å². The predicted molar refractivity (Wildman–Crippen MR) is 145 cm³/mol. The van der Waals surface area contributed by atoms with Gasteiger partial charge in [0.15, 0.2) is 23.2 Å². The lowest BCUT2D eigenvalue weighted by Gasteiger charge is -2.30. The molecule has 4 heterocycles. The number of aromatic nitrogens is 3. The first-order valence-corrected chi connectivity index (χ1v) is 12.5. The summed E-state index contributed by atoms with van der Waals surface area (Å²) in [7, 11) is 1.54. The lowest BCUT2D eigenvalue weighted by molar-refractivity contribution is 0.0960. The number of pyridine rings is 1. The molecule has 1 amide bonds. The number of nitrogens with zero attached hydrogens (tertiary/aromatic N) is 4. The van der Waals surface area contributed by atoms with Crippen LogP contribution in [0, 0.1) is 13.8 Å². The zero-order chi connectivity index (χ0) is 27.3. The zero-order valence-corrected chi connectivity index (χ0v) is 22.0. The molecule has 2 aromatic carbocycles. The van der Waals surface area contributed by atoms with Crippen LogP contribution in [-0.2, 0) is 0 Å². The average Bonchev–Trinajstić information content (AvgIpc) is 3.37. The Morgan fingerprint density at radius 3 is 2.77 bits per heavy atom. The molecule has 0 spiro atoms. The Balaban J connectivity index is 1.35. The van der Waals surface area contributed by atoms with Gasteiger partial charge in [0.1, 0.15) is 12.4 Å². The molecule has 0 unspecified atom stereocenters. The molecule has 3 aromatic heterocycles. The number of fused-ring (bicyclic) bond motifs is 4. The van der Waals surface area contributed by atoms with E-state index in [1.54, 1.807) is 31.5 Å². The third-order valence-electron chi connectivity index (χ3n) is 6.45. The number of halogens is 1. The fourth-order valence-electron chi connectivity index (χ4n) is 4.62. The van der Waals surface area contributed by atoms with Crippen LogP contribution in [0.15, 0.2) is 53.2 Å². The van der Waals surface area contributed by atoms with E-state index in [4.69, 9.17) is 30.2 Å². The maximum absolute atomic E-state index is 12.0. The monoisotopic (exact) mass is 546 g/mol. The number of furan rings is 1. The largest absolute Gasteiger partial charge is 0.485 e. The zero-order valence-electron chi connectivity index (χ0n) is 21.3. The number of amides is 1. The SMILES string of the molecule is COc1cnc2c(-c3cc4c5c(cc(Cl)c4o3)O[C@H](CN(C(=O)O)c3ccc(C)nc3)CO5)cc(C)cc2n1. The smallest absolute Gasteiger partial charge is 0.411 e. The van der Waals surface area contributed by atoms with Crippen LogP contribution in [0.2, 0.25) is 5.02 Å². The van der Waals surface area contributed by atoms with E-state index >= 15 is 0 Å². The first-order valence-electron chi connectivity index (χ1n) is 12.1. The number of aryl methyl sites for hydroxylation is 2. The Morgan fingerprint density at radius 2 is 2.03 bits per heavy atom. The minimum absolute atomic E-state index is 0.0449. The second-order valence-corrected chi connectivity index (χ2v) is 9.64. The quantitative estimate of drug-likeness (QED) is 0.281. The number of methoxy groups -OCH3 is 1. The van der Waals surface area contributed by atoms with Crippen molar-refractivity contribution in [3.63, 3.8) is 0 Å². The highest BCUT2D eigenvalue weighted by Crippen LogP contribution is 2.46. The average molecular weight is 547 g/mol. The van der Waals surface area contributed by atoms with Crippen molar-refractivity contribution in [2.45, 2.75) is 20.0 Å². The number of carbonyl (C=O) groups is 1. The van der Waals surface area contributed by atoms with E-state index in [2.05, 4.69) is 15.0 Å². The molecule has 198 valence electrons. The molecule has 1 atom stereocenters. The molecule has 0 saturated heterocycles. The lowest BCUT2D eigenvalue weighted by Crippen LogP contribution is -2.43. The van der Waals surface area contributed by atoms with Crippen molar-refractivity contribution in [2.75, 3.05) is 25.2 Å². The van der Waals surface area contributed by atoms with Crippen molar-refractivity contribution in [1.82, 2.24) is 15.0 Å². The van der Waals surface area contributed by atoms with Gasteiger partial charge in [0, 0.05) is 17.3 Å². The summed E-state index contributed by atoms with van der Waals surface area (Å²) in [5, 5.41) is 10.8.